The van der Waals surface area contributed by atoms with Crippen LogP contribution in [-0.2, 0) is 28.4 Å². The summed E-state index contributed by atoms with van der Waals surface area (Å²) in [5, 5.41) is 6.26. The molecule has 0 rings (SSSR count). The van der Waals surface area contributed by atoms with Gasteiger partial charge in [-0.25, -0.2) is 0 Å². The van der Waals surface area contributed by atoms with E-state index < -0.39 is 0 Å². The fraction of sp³-hybridized carbons (Fsp3) is 1.00. The van der Waals surface area contributed by atoms with Crippen molar-refractivity contribution in [3.8, 4) is 0 Å². The van der Waals surface area contributed by atoms with Crippen molar-refractivity contribution in [1.82, 2.24) is 15.5 Å². The fourth-order valence-electron chi connectivity index (χ4n) is 2.66. The van der Waals surface area contributed by atoms with Crippen LogP contribution in [0.2, 0.25) is 0 Å². The van der Waals surface area contributed by atoms with Crippen molar-refractivity contribution in [2.24, 2.45) is 0 Å². The van der Waals surface area contributed by atoms with E-state index in [-0.39, 0.29) is 0 Å². The van der Waals surface area contributed by atoms with Crippen LogP contribution in [0, 0.1) is 0 Å². The summed E-state index contributed by atoms with van der Waals surface area (Å²) in [6, 6.07) is 0. The van der Waals surface area contributed by atoms with Crippen LogP contribution < -0.4 is 10.6 Å². The van der Waals surface area contributed by atoms with E-state index in [9.17, 15) is 0 Å². The predicted octanol–water partition coefficient (Wildman–Crippen LogP) is 0.627. The van der Waals surface area contributed by atoms with Crippen molar-refractivity contribution in [1.29, 1.82) is 0 Å². The fourth-order valence-corrected chi connectivity index (χ4v) is 2.66. The molecule has 0 bridgehead atoms. The zero-order chi connectivity index (χ0) is 22.7. The molecule has 0 aromatic carbocycles. The molecule has 0 aliphatic heterocycles. The number of likely N-dealkylation sites (N-methyl/N-ethyl adjacent to an activating group) is 1. The molecule has 0 aliphatic rings. The number of unbranched alkanes of at least 4 members (excludes halogenated alkanes) is 1. The molecule has 0 aromatic rings. The summed E-state index contributed by atoms with van der Waals surface area (Å²) < 4.78 is 33.0. The first kappa shape index (κ1) is 30.6. The van der Waals surface area contributed by atoms with E-state index in [1.54, 1.807) is 0 Å². The Morgan fingerprint density at radius 1 is 0.484 bits per heavy atom. The number of ether oxygens (including phenoxy) is 6. The lowest BCUT2D eigenvalue weighted by atomic mass is 10.3. The first-order valence-electron chi connectivity index (χ1n) is 11.8. The molecule has 0 heterocycles. The SMILES string of the molecule is CCOCCOCCOCCOCCN(CCCCNC)CCOCCOCCNC. The minimum Gasteiger partial charge on any atom is -0.379 e. The molecular formula is C22H49N3O6. The predicted molar refractivity (Wildman–Crippen MR) is 124 cm³/mol. The molecule has 0 radical (unpaired) electrons. The quantitative estimate of drug-likeness (QED) is 0.175. The van der Waals surface area contributed by atoms with Crippen molar-refractivity contribution in [2.75, 3.05) is 126 Å². The highest BCUT2D eigenvalue weighted by Gasteiger charge is 2.05. The Hall–Kier alpha value is -0.360. The van der Waals surface area contributed by atoms with Crippen LogP contribution in [-0.4, -0.2) is 131 Å². The number of nitrogens with zero attached hydrogens (tertiary/aromatic N) is 1. The van der Waals surface area contributed by atoms with Crippen LogP contribution in [0.4, 0.5) is 0 Å². The Bertz CT molecular complexity index is 330. The van der Waals surface area contributed by atoms with Gasteiger partial charge in [0.05, 0.1) is 72.7 Å². The molecule has 0 unspecified atom stereocenters. The molecule has 0 spiro atoms. The molecule has 0 fully saturated rings. The second-order valence-corrected chi connectivity index (χ2v) is 7.01. The van der Waals surface area contributed by atoms with Gasteiger partial charge in [-0.1, -0.05) is 0 Å². The van der Waals surface area contributed by atoms with Crippen molar-refractivity contribution >= 4 is 0 Å². The maximum Gasteiger partial charge on any atom is 0.0701 e. The number of hydrogen-bond acceptors (Lipinski definition) is 9. The standard InChI is InChI=1S/C22H49N3O6/c1-4-26-15-16-30-21-22-31-20-19-29-14-11-25(9-6-5-7-23-2)10-13-28-18-17-27-12-8-24-3/h23-24H,4-22H2,1-3H3. The molecule has 9 nitrogen and oxygen atoms in total. The summed E-state index contributed by atoms with van der Waals surface area (Å²) >= 11 is 0. The van der Waals surface area contributed by atoms with Gasteiger partial charge in [0.1, 0.15) is 0 Å². The number of rotatable bonds is 27. The van der Waals surface area contributed by atoms with Crippen molar-refractivity contribution in [3.05, 3.63) is 0 Å². The molecule has 0 atom stereocenters. The first-order valence-corrected chi connectivity index (χ1v) is 11.8. The van der Waals surface area contributed by atoms with Gasteiger partial charge in [-0.05, 0) is 47.0 Å². The molecule has 0 amide bonds. The van der Waals surface area contributed by atoms with Crippen LogP contribution in [0.1, 0.15) is 19.8 Å². The molecule has 2 N–H and O–H groups in total. The Kier molecular flexibility index (Phi) is 27.4. The molecule has 188 valence electrons. The zero-order valence-corrected chi connectivity index (χ0v) is 20.3. The largest absolute Gasteiger partial charge is 0.379 e. The molecule has 0 aromatic heterocycles. The number of nitrogens with one attached hydrogen (secondary N) is 2. The molecule has 31 heavy (non-hydrogen) atoms. The summed E-state index contributed by atoms with van der Waals surface area (Å²) in [7, 11) is 3.91. The van der Waals surface area contributed by atoms with Gasteiger partial charge in [0, 0.05) is 26.2 Å². The van der Waals surface area contributed by atoms with Gasteiger partial charge >= 0.3 is 0 Å². The van der Waals surface area contributed by atoms with E-state index in [1.807, 2.05) is 21.0 Å². The summed E-state index contributed by atoms with van der Waals surface area (Å²) in [6.07, 6.45) is 2.34. The third kappa shape index (κ3) is 25.8. The molecule has 0 saturated carbocycles. The van der Waals surface area contributed by atoms with E-state index in [2.05, 4.69) is 15.5 Å². The Morgan fingerprint density at radius 3 is 1.42 bits per heavy atom. The highest BCUT2D eigenvalue weighted by molar-refractivity contribution is 4.58. The molecule has 0 saturated heterocycles. The van der Waals surface area contributed by atoms with Gasteiger partial charge in [-0.2, -0.15) is 0 Å². The molecule has 9 heteroatoms. The van der Waals surface area contributed by atoms with Crippen LogP contribution in [0.3, 0.4) is 0 Å². The minimum atomic E-state index is 0.586. The van der Waals surface area contributed by atoms with Crippen LogP contribution in [0.25, 0.3) is 0 Å². The third-order valence-electron chi connectivity index (χ3n) is 4.44. The lowest BCUT2D eigenvalue weighted by Gasteiger charge is -2.22. The maximum absolute atomic E-state index is 5.73. The highest BCUT2D eigenvalue weighted by atomic mass is 16.6. The Morgan fingerprint density at radius 2 is 0.935 bits per heavy atom. The lowest BCUT2D eigenvalue weighted by Crippen LogP contribution is -2.33. The van der Waals surface area contributed by atoms with Crippen molar-refractivity contribution < 1.29 is 28.4 Å². The second kappa shape index (κ2) is 27.7. The van der Waals surface area contributed by atoms with Crippen LogP contribution in [0.5, 0.6) is 0 Å². The maximum atomic E-state index is 5.73. The Labute approximate surface area is 190 Å². The number of hydrogen-bond donors (Lipinski definition) is 2. The average molecular weight is 452 g/mol. The zero-order valence-electron chi connectivity index (χ0n) is 20.3. The molecule has 0 aliphatic carbocycles. The highest BCUT2D eigenvalue weighted by Crippen LogP contribution is 1.96. The minimum absolute atomic E-state index is 0.586. The van der Waals surface area contributed by atoms with E-state index in [0.29, 0.717) is 66.1 Å². The van der Waals surface area contributed by atoms with E-state index in [4.69, 9.17) is 28.4 Å². The smallest absolute Gasteiger partial charge is 0.0701 e. The van der Waals surface area contributed by atoms with Gasteiger partial charge in [0.25, 0.3) is 0 Å². The first-order chi connectivity index (χ1) is 15.3. The van der Waals surface area contributed by atoms with Crippen molar-refractivity contribution in [2.45, 2.75) is 19.8 Å². The summed E-state index contributed by atoms with van der Waals surface area (Å²) in [5.41, 5.74) is 0. The van der Waals surface area contributed by atoms with E-state index in [1.165, 1.54) is 12.8 Å². The summed E-state index contributed by atoms with van der Waals surface area (Å²) in [4.78, 5) is 2.41. The summed E-state index contributed by atoms with van der Waals surface area (Å²) in [6.45, 7) is 14.5. The van der Waals surface area contributed by atoms with E-state index >= 15 is 0 Å². The lowest BCUT2D eigenvalue weighted by molar-refractivity contribution is -0.00417. The molecular weight excluding hydrogens is 402 g/mol. The van der Waals surface area contributed by atoms with Gasteiger partial charge in [0.15, 0.2) is 0 Å². The van der Waals surface area contributed by atoms with Crippen LogP contribution in [0.15, 0.2) is 0 Å². The average Bonchev–Trinajstić information content (AvgIpc) is 2.78. The van der Waals surface area contributed by atoms with Gasteiger partial charge in [0.2, 0.25) is 0 Å². The third-order valence-corrected chi connectivity index (χ3v) is 4.44. The second-order valence-electron chi connectivity index (χ2n) is 7.01. The van der Waals surface area contributed by atoms with Crippen molar-refractivity contribution in [3.63, 3.8) is 0 Å². The van der Waals surface area contributed by atoms with Gasteiger partial charge < -0.3 is 39.1 Å². The van der Waals surface area contributed by atoms with Gasteiger partial charge in [-0.3, -0.25) is 4.90 Å². The topological polar surface area (TPSA) is 82.7 Å². The monoisotopic (exact) mass is 451 g/mol. The Balaban J connectivity index is 3.65. The summed E-state index contributed by atoms with van der Waals surface area (Å²) in [5.74, 6) is 0. The van der Waals surface area contributed by atoms with Gasteiger partial charge in [-0.15, -0.1) is 0 Å². The van der Waals surface area contributed by atoms with Crippen LogP contribution >= 0.6 is 0 Å². The normalized spacial score (nSPS) is 11.6. The van der Waals surface area contributed by atoms with E-state index in [0.717, 1.165) is 45.9 Å².